The molecular formula is C12H12BrClN4. The van der Waals surface area contributed by atoms with Crippen molar-refractivity contribution in [2.45, 2.75) is 6.92 Å². The Morgan fingerprint density at radius 3 is 2.67 bits per heavy atom. The zero-order chi connectivity index (χ0) is 13.1. The minimum absolute atomic E-state index is 0.588. The van der Waals surface area contributed by atoms with Crippen LogP contribution in [0.3, 0.4) is 0 Å². The van der Waals surface area contributed by atoms with Crippen molar-refractivity contribution in [1.29, 1.82) is 0 Å². The number of rotatable bonds is 3. The number of nitrogens with zero attached hydrogens (tertiary/aromatic N) is 2. The molecule has 0 bridgehead atoms. The van der Waals surface area contributed by atoms with Crippen molar-refractivity contribution < 1.29 is 0 Å². The molecule has 6 heteroatoms. The molecule has 2 rings (SSSR count). The molecule has 1 aromatic heterocycles. The number of aryl methyl sites for hydroxylation is 1. The number of hydrogen-bond acceptors (Lipinski definition) is 4. The van der Waals surface area contributed by atoms with Crippen LogP contribution in [0.2, 0.25) is 5.02 Å². The van der Waals surface area contributed by atoms with Gasteiger partial charge in [0.15, 0.2) is 0 Å². The first kappa shape index (κ1) is 13.1. The lowest BCUT2D eigenvalue weighted by Crippen LogP contribution is -2.01. The van der Waals surface area contributed by atoms with E-state index in [9.17, 15) is 0 Å². The fraction of sp³-hybridized carbons (Fsp3) is 0.167. The van der Waals surface area contributed by atoms with E-state index >= 15 is 0 Å². The average molecular weight is 328 g/mol. The van der Waals surface area contributed by atoms with Crippen LogP contribution in [0.25, 0.3) is 0 Å². The van der Waals surface area contributed by atoms with Gasteiger partial charge in [-0.3, -0.25) is 0 Å². The van der Waals surface area contributed by atoms with E-state index in [4.69, 9.17) is 11.6 Å². The lowest BCUT2D eigenvalue weighted by atomic mass is 10.3. The second-order valence-electron chi connectivity index (χ2n) is 3.72. The highest BCUT2D eigenvalue weighted by Gasteiger charge is 2.03. The summed E-state index contributed by atoms with van der Waals surface area (Å²) in [6, 6.07) is 7.49. The number of hydrogen-bond donors (Lipinski definition) is 2. The van der Waals surface area contributed by atoms with Gasteiger partial charge in [0.25, 0.3) is 0 Å². The Balaban J connectivity index is 2.27. The van der Waals surface area contributed by atoms with Gasteiger partial charge in [0.1, 0.15) is 5.82 Å². The summed E-state index contributed by atoms with van der Waals surface area (Å²) < 4.78 is 0.841. The molecule has 0 saturated carbocycles. The highest BCUT2D eigenvalue weighted by molar-refractivity contribution is 9.10. The van der Waals surface area contributed by atoms with Gasteiger partial charge in [-0.05, 0) is 41.1 Å². The summed E-state index contributed by atoms with van der Waals surface area (Å²) >= 11 is 9.33. The van der Waals surface area contributed by atoms with Crippen molar-refractivity contribution in [3.05, 3.63) is 39.5 Å². The maximum absolute atomic E-state index is 5.95. The molecule has 1 heterocycles. The Labute approximate surface area is 119 Å². The molecule has 0 saturated heterocycles. The first-order chi connectivity index (χ1) is 8.58. The van der Waals surface area contributed by atoms with E-state index in [0.717, 1.165) is 21.7 Å². The van der Waals surface area contributed by atoms with E-state index < -0.39 is 0 Å². The van der Waals surface area contributed by atoms with Gasteiger partial charge in [0.05, 0.1) is 5.02 Å². The number of halogens is 2. The smallest absolute Gasteiger partial charge is 0.224 e. The quantitative estimate of drug-likeness (QED) is 0.895. The summed E-state index contributed by atoms with van der Waals surface area (Å²) in [6.07, 6.45) is 0. The standard InChI is InChI=1S/C12H12BrClN4/c1-7-5-11(18-12(15-2)16-7)17-8-3-4-10(14)9(13)6-8/h3-6H,1-2H3,(H2,15,16,17,18). The van der Waals surface area contributed by atoms with Gasteiger partial charge < -0.3 is 10.6 Å². The van der Waals surface area contributed by atoms with Gasteiger partial charge in [-0.1, -0.05) is 11.6 Å². The molecule has 0 amide bonds. The van der Waals surface area contributed by atoms with E-state index in [-0.39, 0.29) is 0 Å². The highest BCUT2D eigenvalue weighted by Crippen LogP contribution is 2.27. The molecule has 0 atom stereocenters. The topological polar surface area (TPSA) is 49.8 Å². The largest absolute Gasteiger partial charge is 0.357 e. The molecule has 2 N–H and O–H groups in total. The predicted molar refractivity (Wildman–Crippen MR) is 78.8 cm³/mol. The van der Waals surface area contributed by atoms with Crippen LogP contribution >= 0.6 is 27.5 Å². The molecule has 1 aromatic carbocycles. The molecule has 4 nitrogen and oxygen atoms in total. The Hall–Kier alpha value is -1.33. The first-order valence-corrected chi connectivity index (χ1v) is 6.51. The van der Waals surface area contributed by atoms with E-state index in [1.807, 2.05) is 31.2 Å². The van der Waals surface area contributed by atoms with Crippen LogP contribution in [0.5, 0.6) is 0 Å². The van der Waals surface area contributed by atoms with Crippen molar-refractivity contribution in [2.75, 3.05) is 17.7 Å². The van der Waals surface area contributed by atoms with Gasteiger partial charge in [-0.25, -0.2) is 4.98 Å². The van der Waals surface area contributed by atoms with Crippen LogP contribution in [-0.4, -0.2) is 17.0 Å². The van der Waals surface area contributed by atoms with E-state index in [1.165, 1.54) is 0 Å². The van der Waals surface area contributed by atoms with Gasteiger partial charge in [0.2, 0.25) is 5.95 Å². The molecule has 0 fully saturated rings. The Kier molecular flexibility index (Phi) is 4.04. The number of aromatic nitrogens is 2. The normalized spacial score (nSPS) is 10.2. The van der Waals surface area contributed by atoms with Crippen LogP contribution < -0.4 is 10.6 Å². The van der Waals surface area contributed by atoms with Gasteiger partial charge >= 0.3 is 0 Å². The maximum atomic E-state index is 5.95. The fourth-order valence-corrected chi connectivity index (χ4v) is 1.96. The molecule has 18 heavy (non-hydrogen) atoms. The van der Waals surface area contributed by atoms with Crippen molar-refractivity contribution >= 4 is 45.0 Å². The lowest BCUT2D eigenvalue weighted by molar-refractivity contribution is 1.10. The molecule has 0 spiro atoms. The van der Waals surface area contributed by atoms with Crippen LogP contribution in [-0.2, 0) is 0 Å². The van der Waals surface area contributed by atoms with Crippen molar-refractivity contribution in [1.82, 2.24) is 9.97 Å². The molecule has 0 aliphatic carbocycles. The summed E-state index contributed by atoms with van der Waals surface area (Å²) in [5.41, 5.74) is 1.80. The zero-order valence-electron chi connectivity index (χ0n) is 9.96. The molecule has 0 aliphatic rings. The SMILES string of the molecule is CNc1nc(C)cc(Nc2ccc(Cl)c(Br)c2)n1. The Morgan fingerprint density at radius 2 is 2.00 bits per heavy atom. The monoisotopic (exact) mass is 326 g/mol. The van der Waals surface area contributed by atoms with Crippen molar-refractivity contribution in [3.63, 3.8) is 0 Å². The van der Waals surface area contributed by atoms with E-state index in [1.54, 1.807) is 7.05 Å². The van der Waals surface area contributed by atoms with Gasteiger partial charge in [-0.2, -0.15) is 4.98 Å². The summed E-state index contributed by atoms with van der Waals surface area (Å²) in [6.45, 7) is 1.92. The van der Waals surface area contributed by atoms with Gasteiger partial charge in [-0.15, -0.1) is 0 Å². The molecule has 2 aromatic rings. The third kappa shape index (κ3) is 3.11. The Bertz CT molecular complexity index is 574. The maximum Gasteiger partial charge on any atom is 0.224 e. The molecule has 0 radical (unpaired) electrons. The van der Waals surface area contributed by atoms with E-state index in [0.29, 0.717) is 11.0 Å². The number of benzene rings is 1. The number of anilines is 3. The minimum Gasteiger partial charge on any atom is -0.357 e. The van der Waals surface area contributed by atoms with Crippen LogP contribution in [0, 0.1) is 6.92 Å². The second-order valence-corrected chi connectivity index (χ2v) is 4.98. The van der Waals surface area contributed by atoms with Gasteiger partial charge in [0, 0.05) is 29.0 Å². The Morgan fingerprint density at radius 1 is 1.22 bits per heavy atom. The second kappa shape index (κ2) is 5.54. The summed E-state index contributed by atoms with van der Waals surface area (Å²) in [5.74, 6) is 1.33. The zero-order valence-corrected chi connectivity index (χ0v) is 12.3. The molecule has 0 unspecified atom stereocenters. The third-order valence-electron chi connectivity index (χ3n) is 2.27. The third-order valence-corrected chi connectivity index (χ3v) is 3.48. The highest BCUT2D eigenvalue weighted by atomic mass is 79.9. The van der Waals surface area contributed by atoms with Crippen LogP contribution in [0.15, 0.2) is 28.7 Å². The molecule has 94 valence electrons. The fourth-order valence-electron chi connectivity index (χ4n) is 1.47. The first-order valence-electron chi connectivity index (χ1n) is 5.34. The average Bonchev–Trinajstić information content (AvgIpc) is 2.33. The molecule has 0 aliphatic heterocycles. The molecular weight excluding hydrogens is 316 g/mol. The van der Waals surface area contributed by atoms with Crippen LogP contribution in [0.4, 0.5) is 17.5 Å². The minimum atomic E-state index is 0.588. The van der Waals surface area contributed by atoms with E-state index in [2.05, 4.69) is 36.5 Å². The predicted octanol–water partition coefficient (Wildman–Crippen LogP) is 3.99. The number of nitrogens with one attached hydrogen (secondary N) is 2. The lowest BCUT2D eigenvalue weighted by Gasteiger charge is -2.09. The summed E-state index contributed by atoms with van der Waals surface area (Å²) in [5, 5.41) is 6.81. The summed E-state index contributed by atoms with van der Waals surface area (Å²) in [4.78, 5) is 8.55. The van der Waals surface area contributed by atoms with Crippen LogP contribution in [0.1, 0.15) is 5.69 Å². The van der Waals surface area contributed by atoms with Crippen molar-refractivity contribution in [2.24, 2.45) is 0 Å². The summed E-state index contributed by atoms with van der Waals surface area (Å²) in [7, 11) is 1.79. The van der Waals surface area contributed by atoms with Crippen molar-refractivity contribution in [3.8, 4) is 0 Å².